The summed E-state index contributed by atoms with van der Waals surface area (Å²) in [5.74, 6) is 1.02. The molecule has 0 aliphatic carbocycles. The molecule has 7 heteroatoms. The summed E-state index contributed by atoms with van der Waals surface area (Å²) in [4.78, 5) is 7.40. The van der Waals surface area contributed by atoms with Crippen LogP contribution in [0.15, 0.2) is 30.3 Å². The van der Waals surface area contributed by atoms with E-state index in [1.54, 1.807) is 0 Å². The van der Waals surface area contributed by atoms with Gasteiger partial charge < -0.3 is 9.64 Å². The predicted molar refractivity (Wildman–Crippen MR) is 114 cm³/mol. The molecule has 1 N–H and O–H groups in total. The van der Waals surface area contributed by atoms with Gasteiger partial charge in [0, 0.05) is 62.9 Å². The summed E-state index contributed by atoms with van der Waals surface area (Å²) in [6.07, 6.45) is 0.324. The third-order valence-electron chi connectivity index (χ3n) is 5.78. The first kappa shape index (κ1) is 19.7. The number of hydrogen-bond donors (Lipinski definition) is 1. The number of hydrogen-bond acceptors (Lipinski definition) is 5. The zero-order valence-corrected chi connectivity index (χ0v) is 17.5. The molecule has 2 saturated heterocycles. The van der Waals surface area contributed by atoms with Crippen LogP contribution in [0.2, 0.25) is 5.02 Å². The summed E-state index contributed by atoms with van der Waals surface area (Å²) >= 11 is 5.98. The molecule has 2 fully saturated rings. The van der Waals surface area contributed by atoms with Crippen LogP contribution in [-0.2, 0) is 4.74 Å². The van der Waals surface area contributed by atoms with E-state index in [0.29, 0.717) is 12.1 Å². The van der Waals surface area contributed by atoms with Gasteiger partial charge >= 0.3 is 0 Å². The number of rotatable bonds is 5. The molecule has 2 aliphatic rings. The SMILES string of the molecule is CC(C)N1CCOC(CN2CCN(c3cc(-c4ccc(Cl)cc4)[nH]n3)CC2)C1. The van der Waals surface area contributed by atoms with Crippen molar-refractivity contribution in [3.05, 3.63) is 35.4 Å². The second kappa shape index (κ2) is 8.82. The van der Waals surface area contributed by atoms with Gasteiger partial charge in [0.15, 0.2) is 5.82 Å². The van der Waals surface area contributed by atoms with Gasteiger partial charge in [-0.15, -0.1) is 0 Å². The Morgan fingerprint density at radius 2 is 1.89 bits per heavy atom. The molecular formula is C21H30ClN5O. The molecule has 2 aliphatic heterocycles. The number of benzene rings is 1. The molecule has 1 aromatic carbocycles. The third-order valence-corrected chi connectivity index (χ3v) is 6.03. The number of ether oxygens (including phenoxy) is 1. The highest BCUT2D eigenvalue weighted by molar-refractivity contribution is 6.30. The minimum Gasteiger partial charge on any atom is -0.374 e. The second-order valence-electron chi connectivity index (χ2n) is 8.02. The molecule has 152 valence electrons. The van der Waals surface area contributed by atoms with E-state index in [1.165, 1.54) is 0 Å². The van der Waals surface area contributed by atoms with E-state index in [2.05, 4.69) is 44.8 Å². The van der Waals surface area contributed by atoms with Crippen molar-refractivity contribution < 1.29 is 4.74 Å². The number of nitrogens with zero attached hydrogens (tertiary/aromatic N) is 4. The number of aromatic nitrogens is 2. The maximum Gasteiger partial charge on any atom is 0.151 e. The Balaban J connectivity index is 1.29. The first-order chi connectivity index (χ1) is 13.6. The summed E-state index contributed by atoms with van der Waals surface area (Å²) in [6, 6.07) is 10.6. The predicted octanol–water partition coefficient (Wildman–Crippen LogP) is 2.96. The van der Waals surface area contributed by atoms with E-state index in [0.717, 1.165) is 74.5 Å². The van der Waals surface area contributed by atoms with Gasteiger partial charge in [-0.1, -0.05) is 23.7 Å². The molecule has 0 radical (unpaired) electrons. The van der Waals surface area contributed by atoms with Gasteiger partial charge in [-0.05, 0) is 31.5 Å². The van der Waals surface area contributed by atoms with Gasteiger partial charge in [-0.2, -0.15) is 5.10 Å². The molecule has 0 bridgehead atoms. The average molecular weight is 404 g/mol. The molecule has 2 aromatic rings. The molecule has 28 heavy (non-hydrogen) atoms. The molecule has 1 atom stereocenters. The van der Waals surface area contributed by atoms with Crippen LogP contribution in [-0.4, -0.2) is 84.6 Å². The molecule has 0 spiro atoms. The lowest BCUT2D eigenvalue weighted by molar-refractivity contribution is -0.0525. The number of aromatic amines is 1. The minimum atomic E-state index is 0.324. The molecule has 4 rings (SSSR count). The zero-order chi connectivity index (χ0) is 19.5. The number of piperazine rings is 1. The van der Waals surface area contributed by atoms with E-state index < -0.39 is 0 Å². The van der Waals surface area contributed by atoms with Gasteiger partial charge in [-0.25, -0.2) is 0 Å². The van der Waals surface area contributed by atoms with Crippen LogP contribution in [0, 0.1) is 0 Å². The normalized spacial score (nSPS) is 22.1. The Labute approximate surface area is 172 Å². The number of H-pyrrole nitrogens is 1. The first-order valence-corrected chi connectivity index (χ1v) is 10.6. The van der Waals surface area contributed by atoms with Crippen LogP contribution >= 0.6 is 11.6 Å². The van der Waals surface area contributed by atoms with E-state index >= 15 is 0 Å². The van der Waals surface area contributed by atoms with Crippen molar-refractivity contribution in [2.45, 2.75) is 26.0 Å². The van der Waals surface area contributed by atoms with E-state index in [9.17, 15) is 0 Å². The van der Waals surface area contributed by atoms with Gasteiger partial charge in [0.25, 0.3) is 0 Å². The summed E-state index contributed by atoms with van der Waals surface area (Å²) in [6.45, 7) is 12.6. The smallest absolute Gasteiger partial charge is 0.151 e. The summed E-state index contributed by atoms with van der Waals surface area (Å²) < 4.78 is 6.01. The van der Waals surface area contributed by atoms with Crippen molar-refractivity contribution in [2.24, 2.45) is 0 Å². The van der Waals surface area contributed by atoms with Crippen molar-refractivity contribution in [2.75, 3.05) is 57.3 Å². The summed E-state index contributed by atoms with van der Waals surface area (Å²) in [5, 5.41) is 8.43. The first-order valence-electron chi connectivity index (χ1n) is 10.2. The molecule has 0 saturated carbocycles. The number of nitrogens with one attached hydrogen (secondary N) is 1. The van der Waals surface area contributed by atoms with Crippen LogP contribution in [0.25, 0.3) is 11.3 Å². The highest BCUT2D eigenvalue weighted by Crippen LogP contribution is 2.24. The fraction of sp³-hybridized carbons (Fsp3) is 0.571. The third kappa shape index (κ3) is 4.69. The van der Waals surface area contributed by atoms with Crippen LogP contribution in [0.4, 0.5) is 5.82 Å². The van der Waals surface area contributed by atoms with E-state index in [1.807, 2.05) is 24.3 Å². The lowest BCUT2D eigenvalue weighted by Crippen LogP contribution is -2.53. The van der Waals surface area contributed by atoms with Crippen molar-refractivity contribution >= 4 is 17.4 Å². The van der Waals surface area contributed by atoms with Crippen molar-refractivity contribution in [3.8, 4) is 11.3 Å². The highest BCUT2D eigenvalue weighted by atomic mass is 35.5. The Bertz CT molecular complexity index is 754. The van der Waals surface area contributed by atoms with Gasteiger partial charge in [0.1, 0.15) is 0 Å². The lowest BCUT2D eigenvalue weighted by atomic mass is 10.1. The van der Waals surface area contributed by atoms with Crippen LogP contribution in [0.5, 0.6) is 0 Å². The Morgan fingerprint density at radius 3 is 2.61 bits per heavy atom. The molecule has 6 nitrogen and oxygen atoms in total. The fourth-order valence-corrected chi connectivity index (χ4v) is 4.15. The molecule has 0 amide bonds. The second-order valence-corrected chi connectivity index (χ2v) is 8.45. The van der Waals surface area contributed by atoms with Crippen LogP contribution in [0.3, 0.4) is 0 Å². The Morgan fingerprint density at radius 1 is 1.14 bits per heavy atom. The minimum absolute atomic E-state index is 0.324. The Hall–Kier alpha value is -1.60. The topological polar surface area (TPSA) is 47.6 Å². The van der Waals surface area contributed by atoms with Crippen molar-refractivity contribution in [1.82, 2.24) is 20.0 Å². The van der Waals surface area contributed by atoms with Crippen molar-refractivity contribution in [3.63, 3.8) is 0 Å². The highest BCUT2D eigenvalue weighted by Gasteiger charge is 2.26. The fourth-order valence-electron chi connectivity index (χ4n) is 4.02. The Kier molecular flexibility index (Phi) is 6.21. The maximum absolute atomic E-state index is 6.01. The van der Waals surface area contributed by atoms with E-state index in [-0.39, 0.29) is 0 Å². The summed E-state index contributed by atoms with van der Waals surface area (Å²) in [7, 11) is 0. The monoisotopic (exact) mass is 403 g/mol. The number of halogens is 1. The number of morpholine rings is 1. The van der Waals surface area contributed by atoms with Gasteiger partial charge in [0.05, 0.1) is 18.4 Å². The van der Waals surface area contributed by atoms with Gasteiger partial charge in [0.2, 0.25) is 0 Å². The largest absolute Gasteiger partial charge is 0.374 e. The van der Waals surface area contributed by atoms with Crippen molar-refractivity contribution in [1.29, 1.82) is 0 Å². The maximum atomic E-state index is 6.01. The van der Waals surface area contributed by atoms with E-state index in [4.69, 9.17) is 16.3 Å². The average Bonchev–Trinajstić information content (AvgIpc) is 3.19. The van der Waals surface area contributed by atoms with Crippen LogP contribution in [0.1, 0.15) is 13.8 Å². The molecule has 1 aromatic heterocycles. The zero-order valence-electron chi connectivity index (χ0n) is 16.8. The van der Waals surface area contributed by atoms with Crippen LogP contribution < -0.4 is 4.90 Å². The number of anilines is 1. The lowest BCUT2D eigenvalue weighted by Gasteiger charge is -2.40. The molecular weight excluding hydrogens is 374 g/mol. The quantitative estimate of drug-likeness (QED) is 0.831. The molecule has 3 heterocycles. The summed E-state index contributed by atoms with van der Waals surface area (Å²) in [5.41, 5.74) is 2.13. The standard InChI is InChI=1S/C21H30ClN5O/c1-16(2)27-11-12-28-19(15-27)14-25-7-9-26(10-8-25)21-13-20(23-24-21)17-3-5-18(22)6-4-17/h3-6,13,16,19H,7-12,14-15H2,1-2H3,(H,23,24). The molecule has 1 unspecified atom stereocenters. The van der Waals surface area contributed by atoms with Gasteiger partial charge in [-0.3, -0.25) is 14.9 Å².